The number of thioether (sulfide) groups is 1. The zero-order chi connectivity index (χ0) is 15.5. The van der Waals surface area contributed by atoms with Crippen LogP contribution in [0.2, 0.25) is 0 Å². The number of rotatable bonds is 3. The Bertz CT molecular complexity index is 762. The van der Waals surface area contributed by atoms with Crippen LogP contribution in [0.15, 0.2) is 46.6 Å². The first-order valence-electron chi connectivity index (χ1n) is 6.56. The summed E-state index contributed by atoms with van der Waals surface area (Å²) in [6.45, 7) is 0. The van der Waals surface area contributed by atoms with Crippen molar-refractivity contribution < 1.29 is 9.53 Å². The van der Waals surface area contributed by atoms with Gasteiger partial charge in [0.25, 0.3) is 5.24 Å². The van der Waals surface area contributed by atoms with E-state index in [9.17, 15) is 4.79 Å². The van der Waals surface area contributed by atoms with Crippen molar-refractivity contribution >= 4 is 34.6 Å². The molecule has 3 rings (SSSR count). The second-order valence-electron chi connectivity index (χ2n) is 4.63. The quantitative estimate of drug-likeness (QED) is 0.945. The number of aliphatic imine (C=N–C) groups is 1. The fraction of sp³-hybridized carbons (Fsp3) is 0.133. The van der Waals surface area contributed by atoms with E-state index in [0.29, 0.717) is 5.84 Å². The molecule has 1 aromatic carbocycles. The van der Waals surface area contributed by atoms with Gasteiger partial charge in [0, 0.05) is 18.8 Å². The summed E-state index contributed by atoms with van der Waals surface area (Å²) in [6.07, 6.45) is 5.50. The van der Waals surface area contributed by atoms with Gasteiger partial charge in [0.1, 0.15) is 11.6 Å². The van der Waals surface area contributed by atoms with Gasteiger partial charge in [0.05, 0.1) is 23.9 Å². The summed E-state index contributed by atoms with van der Waals surface area (Å²) in [5.41, 5.74) is 1.67. The Morgan fingerprint density at radius 3 is 2.77 bits per heavy atom. The van der Waals surface area contributed by atoms with Crippen molar-refractivity contribution in [2.45, 2.75) is 0 Å². The van der Waals surface area contributed by atoms with Gasteiger partial charge in [-0.2, -0.15) is 5.10 Å². The molecule has 22 heavy (non-hydrogen) atoms. The number of hydrogen-bond donors (Lipinski definition) is 1. The number of carbonyl (C=O) groups excluding carboxylic acids is 1. The molecule has 0 bridgehead atoms. The summed E-state index contributed by atoms with van der Waals surface area (Å²) in [5, 5.41) is 6.73. The van der Waals surface area contributed by atoms with Gasteiger partial charge < -0.3 is 10.1 Å². The molecule has 1 aromatic heterocycles. The van der Waals surface area contributed by atoms with Crippen LogP contribution >= 0.6 is 11.8 Å². The zero-order valence-electron chi connectivity index (χ0n) is 12.1. The molecule has 1 aliphatic heterocycles. The van der Waals surface area contributed by atoms with Crippen LogP contribution < -0.4 is 10.1 Å². The number of benzene rings is 1. The highest BCUT2D eigenvalue weighted by Crippen LogP contribution is 2.28. The van der Waals surface area contributed by atoms with Gasteiger partial charge in [0.15, 0.2) is 0 Å². The SMILES string of the molecule is COc1ccc(N=C2NC(=O)SC2=Cc2cnn(C)c2)cc1. The van der Waals surface area contributed by atoms with Crippen LogP contribution in [0.5, 0.6) is 5.75 Å². The van der Waals surface area contributed by atoms with Crippen molar-refractivity contribution in [2.75, 3.05) is 7.11 Å². The number of aromatic nitrogens is 2. The molecule has 1 fully saturated rings. The Morgan fingerprint density at radius 2 is 2.14 bits per heavy atom. The number of carbonyl (C=O) groups is 1. The lowest BCUT2D eigenvalue weighted by Crippen LogP contribution is -2.18. The predicted molar refractivity (Wildman–Crippen MR) is 87.4 cm³/mol. The number of amides is 1. The molecule has 0 unspecified atom stereocenters. The van der Waals surface area contributed by atoms with Crippen LogP contribution in [0.25, 0.3) is 6.08 Å². The van der Waals surface area contributed by atoms with Gasteiger partial charge in [0.2, 0.25) is 0 Å². The highest BCUT2D eigenvalue weighted by atomic mass is 32.2. The average molecular weight is 314 g/mol. The molecule has 0 aliphatic carbocycles. The standard InChI is InChI=1S/C15H14N4O2S/c1-19-9-10(8-16-19)7-13-14(18-15(20)22-13)17-11-3-5-12(21-2)6-4-11/h3-9H,1-2H3,(H,17,18,20). The van der Waals surface area contributed by atoms with Crippen molar-refractivity contribution in [1.29, 1.82) is 0 Å². The van der Waals surface area contributed by atoms with E-state index in [-0.39, 0.29) is 5.24 Å². The van der Waals surface area contributed by atoms with Crippen LogP contribution in [0.1, 0.15) is 5.56 Å². The minimum absolute atomic E-state index is 0.137. The number of amidine groups is 1. The number of aryl methyl sites for hydroxylation is 1. The third-order valence-electron chi connectivity index (χ3n) is 2.99. The van der Waals surface area contributed by atoms with Crippen molar-refractivity contribution in [3.63, 3.8) is 0 Å². The van der Waals surface area contributed by atoms with Gasteiger partial charge in [-0.3, -0.25) is 9.48 Å². The van der Waals surface area contributed by atoms with Crippen molar-refractivity contribution in [3.05, 3.63) is 47.1 Å². The number of nitrogens with one attached hydrogen (secondary N) is 1. The maximum atomic E-state index is 11.6. The Labute approximate surface area is 131 Å². The van der Waals surface area contributed by atoms with Gasteiger partial charge in [-0.1, -0.05) is 0 Å². The smallest absolute Gasteiger partial charge is 0.289 e. The van der Waals surface area contributed by atoms with E-state index in [4.69, 9.17) is 4.74 Å². The van der Waals surface area contributed by atoms with Gasteiger partial charge in [-0.15, -0.1) is 0 Å². The van der Waals surface area contributed by atoms with Gasteiger partial charge in [-0.25, -0.2) is 4.99 Å². The number of hydrogen-bond acceptors (Lipinski definition) is 5. The van der Waals surface area contributed by atoms with E-state index in [1.54, 1.807) is 18.0 Å². The van der Waals surface area contributed by atoms with Crippen LogP contribution in [-0.2, 0) is 7.05 Å². The third kappa shape index (κ3) is 3.20. The monoisotopic (exact) mass is 314 g/mol. The fourth-order valence-electron chi connectivity index (χ4n) is 1.96. The topological polar surface area (TPSA) is 68.5 Å². The first-order chi connectivity index (χ1) is 10.6. The molecule has 2 aromatic rings. The molecule has 1 saturated heterocycles. The predicted octanol–water partition coefficient (Wildman–Crippen LogP) is 2.96. The summed E-state index contributed by atoms with van der Waals surface area (Å²) >= 11 is 1.12. The van der Waals surface area contributed by atoms with Gasteiger partial charge in [-0.05, 0) is 42.1 Å². The summed E-state index contributed by atoms with van der Waals surface area (Å²) in [4.78, 5) is 16.9. The van der Waals surface area contributed by atoms with E-state index in [1.807, 2.05) is 43.6 Å². The van der Waals surface area contributed by atoms with Crippen molar-refractivity contribution in [2.24, 2.45) is 12.0 Å². The van der Waals surface area contributed by atoms with Crippen LogP contribution in [0.3, 0.4) is 0 Å². The summed E-state index contributed by atoms with van der Waals surface area (Å²) in [5.74, 6) is 1.31. The van der Waals surface area contributed by atoms with E-state index in [1.165, 1.54) is 0 Å². The second kappa shape index (κ2) is 6.07. The lowest BCUT2D eigenvalue weighted by molar-refractivity contribution is 0.265. The molecule has 7 heteroatoms. The lowest BCUT2D eigenvalue weighted by atomic mass is 10.3. The molecule has 0 atom stereocenters. The van der Waals surface area contributed by atoms with Crippen LogP contribution in [-0.4, -0.2) is 28.0 Å². The van der Waals surface area contributed by atoms with Crippen molar-refractivity contribution in [1.82, 2.24) is 15.1 Å². The van der Waals surface area contributed by atoms with E-state index < -0.39 is 0 Å². The number of ether oxygens (including phenoxy) is 1. The Kier molecular flexibility index (Phi) is 3.97. The highest BCUT2D eigenvalue weighted by molar-refractivity contribution is 8.18. The first kappa shape index (κ1) is 14.4. The Morgan fingerprint density at radius 1 is 1.36 bits per heavy atom. The lowest BCUT2D eigenvalue weighted by Gasteiger charge is -2.01. The minimum Gasteiger partial charge on any atom is -0.497 e. The maximum absolute atomic E-state index is 11.6. The highest BCUT2D eigenvalue weighted by Gasteiger charge is 2.23. The molecule has 1 aliphatic rings. The Hall–Kier alpha value is -2.54. The summed E-state index contributed by atoms with van der Waals surface area (Å²) in [7, 11) is 3.46. The largest absolute Gasteiger partial charge is 0.497 e. The molecule has 112 valence electrons. The number of nitrogens with zero attached hydrogens (tertiary/aromatic N) is 3. The summed E-state index contributed by atoms with van der Waals surface area (Å²) < 4.78 is 6.83. The van der Waals surface area contributed by atoms with E-state index in [0.717, 1.165) is 33.7 Å². The minimum atomic E-state index is -0.137. The number of methoxy groups -OCH3 is 1. The molecule has 0 saturated carbocycles. The molecule has 1 N–H and O–H groups in total. The average Bonchev–Trinajstić information content (AvgIpc) is 3.06. The Balaban J connectivity index is 1.90. The van der Waals surface area contributed by atoms with Crippen LogP contribution in [0.4, 0.5) is 10.5 Å². The molecule has 1 amide bonds. The maximum Gasteiger partial charge on any atom is 0.289 e. The second-order valence-corrected chi connectivity index (χ2v) is 5.64. The van der Waals surface area contributed by atoms with E-state index >= 15 is 0 Å². The first-order valence-corrected chi connectivity index (χ1v) is 7.38. The zero-order valence-corrected chi connectivity index (χ0v) is 12.9. The normalized spacial score (nSPS) is 18.0. The molecule has 0 radical (unpaired) electrons. The molecular weight excluding hydrogens is 300 g/mol. The van der Waals surface area contributed by atoms with Gasteiger partial charge >= 0.3 is 0 Å². The van der Waals surface area contributed by atoms with E-state index in [2.05, 4.69) is 15.4 Å². The molecular formula is C15H14N4O2S. The van der Waals surface area contributed by atoms with Crippen LogP contribution in [0, 0.1) is 0 Å². The fourth-order valence-corrected chi connectivity index (χ4v) is 2.70. The molecule has 2 heterocycles. The summed E-state index contributed by atoms with van der Waals surface area (Å²) in [6, 6.07) is 7.33. The molecule has 0 spiro atoms. The van der Waals surface area contributed by atoms with Crippen molar-refractivity contribution in [3.8, 4) is 5.75 Å². The molecule has 6 nitrogen and oxygen atoms in total. The third-order valence-corrected chi connectivity index (χ3v) is 3.81.